The number of benzene rings is 3. The van der Waals surface area contributed by atoms with E-state index >= 15 is 0 Å². The minimum atomic E-state index is -0.662. The molecule has 0 radical (unpaired) electrons. The summed E-state index contributed by atoms with van der Waals surface area (Å²) in [4.78, 5) is 30.5. The highest BCUT2D eigenvalue weighted by atomic mass is 35.5. The van der Waals surface area contributed by atoms with E-state index in [-0.39, 0.29) is 11.6 Å². The van der Waals surface area contributed by atoms with E-state index in [0.717, 1.165) is 17.7 Å². The largest absolute Gasteiger partial charge is 0.325 e. The fraction of sp³-hybridized carbons (Fsp3) is 0.167. The third-order valence-corrected chi connectivity index (χ3v) is 5.41. The van der Waals surface area contributed by atoms with Crippen molar-refractivity contribution in [3.05, 3.63) is 98.6 Å². The van der Waals surface area contributed by atoms with Crippen LogP contribution in [0.4, 0.5) is 17.1 Å². The predicted octanol–water partition coefficient (Wildman–Crippen LogP) is 5.17. The molecule has 3 aromatic carbocycles. The summed E-state index contributed by atoms with van der Waals surface area (Å²) in [6, 6.07) is 19.1. The van der Waals surface area contributed by atoms with Crippen molar-refractivity contribution in [2.75, 3.05) is 19.4 Å². The molecule has 0 bridgehead atoms. The second-order valence-corrected chi connectivity index (χ2v) is 8.30. The number of rotatable bonds is 6. The van der Waals surface area contributed by atoms with Crippen LogP contribution in [0.5, 0.6) is 0 Å². The Bertz CT molecular complexity index is 1200. The SMILES string of the molecule is CN(C)Cc1ccc(N=C(c2ccc([N+](=O)[O-])cc2)C2C(=O)Nc3cc(Cl)ccc32)cc1. The van der Waals surface area contributed by atoms with E-state index in [2.05, 4.69) is 10.2 Å². The Labute approximate surface area is 190 Å². The Morgan fingerprint density at radius 1 is 1.09 bits per heavy atom. The molecule has 0 aromatic heterocycles. The summed E-state index contributed by atoms with van der Waals surface area (Å²) in [5, 5.41) is 14.5. The molecule has 4 rings (SSSR count). The van der Waals surface area contributed by atoms with Crippen LogP contribution < -0.4 is 5.32 Å². The molecule has 0 aliphatic carbocycles. The Kier molecular flexibility index (Phi) is 6.03. The van der Waals surface area contributed by atoms with Crippen LogP contribution >= 0.6 is 11.6 Å². The first-order chi connectivity index (χ1) is 15.3. The molecule has 7 nitrogen and oxygen atoms in total. The molecule has 1 heterocycles. The molecule has 1 N–H and O–H groups in total. The maximum atomic E-state index is 12.9. The van der Waals surface area contributed by atoms with Crippen molar-refractivity contribution >= 4 is 40.3 Å². The molecule has 32 heavy (non-hydrogen) atoms. The van der Waals surface area contributed by atoms with Gasteiger partial charge < -0.3 is 10.2 Å². The minimum absolute atomic E-state index is 0.0239. The molecule has 3 aromatic rings. The van der Waals surface area contributed by atoms with Crippen LogP contribution in [0.15, 0.2) is 71.7 Å². The van der Waals surface area contributed by atoms with E-state index in [1.807, 2.05) is 38.4 Å². The molecule has 1 atom stereocenters. The smallest absolute Gasteiger partial charge is 0.269 e. The van der Waals surface area contributed by atoms with Gasteiger partial charge in [-0.2, -0.15) is 0 Å². The first-order valence-corrected chi connectivity index (χ1v) is 10.4. The van der Waals surface area contributed by atoms with Crippen LogP contribution in [0, 0.1) is 10.1 Å². The lowest BCUT2D eigenvalue weighted by Crippen LogP contribution is -2.22. The van der Waals surface area contributed by atoms with Gasteiger partial charge in [-0.25, -0.2) is 0 Å². The van der Waals surface area contributed by atoms with Gasteiger partial charge in [0.25, 0.3) is 5.69 Å². The maximum absolute atomic E-state index is 12.9. The number of nitrogens with one attached hydrogen (secondary N) is 1. The number of carbonyl (C=O) groups excluding carboxylic acids is 1. The van der Waals surface area contributed by atoms with E-state index in [0.29, 0.717) is 27.7 Å². The zero-order valence-electron chi connectivity index (χ0n) is 17.6. The van der Waals surface area contributed by atoms with Gasteiger partial charge in [0, 0.05) is 29.4 Å². The highest BCUT2D eigenvalue weighted by molar-refractivity contribution is 6.31. The highest BCUT2D eigenvalue weighted by Gasteiger charge is 2.35. The van der Waals surface area contributed by atoms with Crippen molar-refractivity contribution in [3.8, 4) is 0 Å². The number of amides is 1. The molecule has 0 saturated carbocycles. The molecular weight excluding hydrogens is 428 g/mol. The van der Waals surface area contributed by atoms with Crippen molar-refractivity contribution in [2.24, 2.45) is 4.99 Å². The van der Waals surface area contributed by atoms with Gasteiger partial charge >= 0.3 is 0 Å². The second-order valence-electron chi connectivity index (χ2n) is 7.86. The fourth-order valence-electron chi connectivity index (χ4n) is 3.74. The zero-order chi connectivity index (χ0) is 22.8. The average molecular weight is 449 g/mol. The van der Waals surface area contributed by atoms with E-state index in [4.69, 9.17) is 16.6 Å². The fourth-order valence-corrected chi connectivity index (χ4v) is 3.91. The number of nitro benzene ring substituents is 1. The number of hydrogen-bond donors (Lipinski definition) is 1. The molecular formula is C24H21ClN4O3. The van der Waals surface area contributed by atoms with E-state index < -0.39 is 10.8 Å². The van der Waals surface area contributed by atoms with Crippen LogP contribution in [0.2, 0.25) is 5.02 Å². The number of fused-ring (bicyclic) bond motifs is 1. The molecule has 8 heteroatoms. The van der Waals surface area contributed by atoms with Gasteiger partial charge in [-0.05, 0) is 67.2 Å². The van der Waals surface area contributed by atoms with Crippen LogP contribution in [0.25, 0.3) is 0 Å². The molecule has 0 saturated heterocycles. The van der Waals surface area contributed by atoms with Gasteiger partial charge in [0.2, 0.25) is 5.91 Å². The quantitative estimate of drug-likeness (QED) is 0.320. The van der Waals surface area contributed by atoms with Crippen molar-refractivity contribution in [1.29, 1.82) is 0 Å². The standard InChI is InChI=1S/C24H21ClN4O3/c1-28(2)14-15-3-8-18(9-4-15)26-23(16-5-10-19(11-6-16)29(31)32)22-20-12-7-17(25)13-21(20)27-24(22)30/h3-13,22H,14H2,1-2H3,(H,27,30). The monoisotopic (exact) mass is 448 g/mol. The minimum Gasteiger partial charge on any atom is -0.325 e. The van der Waals surface area contributed by atoms with Crippen molar-refractivity contribution in [1.82, 2.24) is 4.90 Å². The van der Waals surface area contributed by atoms with Gasteiger partial charge in [0.15, 0.2) is 0 Å². The molecule has 1 unspecified atom stereocenters. The molecule has 1 amide bonds. The molecule has 1 aliphatic rings. The van der Waals surface area contributed by atoms with Crippen LogP contribution in [-0.4, -0.2) is 35.5 Å². The second kappa shape index (κ2) is 8.90. The first-order valence-electron chi connectivity index (χ1n) is 9.99. The Hall–Kier alpha value is -3.55. The van der Waals surface area contributed by atoms with Crippen molar-refractivity contribution < 1.29 is 9.72 Å². The first kappa shape index (κ1) is 21.7. The number of carbonyl (C=O) groups is 1. The van der Waals surface area contributed by atoms with Gasteiger partial charge in [0.05, 0.1) is 16.3 Å². The third-order valence-electron chi connectivity index (χ3n) is 5.18. The van der Waals surface area contributed by atoms with Gasteiger partial charge in [0.1, 0.15) is 5.92 Å². The third kappa shape index (κ3) is 4.54. The zero-order valence-corrected chi connectivity index (χ0v) is 18.3. The summed E-state index contributed by atoms with van der Waals surface area (Å²) in [6.45, 7) is 0.804. The molecule has 0 spiro atoms. The summed E-state index contributed by atoms with van der Waals surface area (Å²) in [7, 11) is 4.00. The van der Waals surface area contributed by atoms with Gasteiger partial charge in [-0.3, -0.25) is 19.9 Å². The number of non-ortho nitro benzene ring substituents is 1. The summed E-state index contributed by atoms with van der Waals surface area (Å²) >= 11 is 6.09. The highest BCUT2D eigenvalue weighted by Crippen LogP contribution is 2.38. The van der Waals surface area contributed by atoms with E-state index in [1.165, 1.54) is 12.1 Å². The van der Waals surface area contributed by atoms with Crippen molar-refractivity contribution in [2.45, 2.75) is 12.5 Å². The topological polar surface area (TPSA) is 87.8 Å². The Morgan fingerprint density at radius 2 is 1.78 bits per heavy atom. The van der Waals surface area contributed by atoms with Crippen LogP contribution in [0.3, 0.4) is 0 Å². The average Bonchev–Trinajstić information content (AvgIpc) is 3.07. The molecule has 0 fully saturated rings. The van der Waals surface area contributed by atoms with E-state index in [9.17, 15) is 14.9 Å². The molecule has 162 valence electrons. The summed E-state index contributed by atoms with van der Waals surface area (Å²) < 4.78 is 0. The summed E-state index contributed by atoms with van der Waals surface area (Å²) in [5.41, 5.74) is 4.36. The van der Waals surface area contributed by atoms with Gasteiger partial charge in [-0.1, -0.05) is 29.8 Å². The molecule has 1 aliphatic heterocycles. The lowest BCUT2D eigenvalue weighted by Gasteiger charge is -2.14. The van der Waals surface area contributed by atoms with Crippen LogP contribution in [0.1, 0.15) is 22.6 Å². The number of nitrogens with zero attached hydrogens (tertiary/aromatic N) is 3. The lowest BCUT2D eigenvalue weighted by molar-refractivity contribution is -0.384. The Balaban J connectivity index is 1.80. The number of aliphatic imine (C=N–C) groups is 1. The number of anilines is 1. The summed E-state index contributed by atoms with van der Waals surface area (Å²) in [6.07, 6.45) is 0. The van der Waals surface area contributed by atoms with Crippen LogP contribution in [-0.2, 0) is 11.3 Å². The van der Waals surface area contributed by atoms with E-state index in [1.54, 1.807) is 30.3 Å². The lowest BCUT2D eigenvalue weighted by atomic mass is 9.90. The number of hydrogen-bond acceptors (Lipinski definition) is 5. The number of halogens is 1. The Morgan fingerprint density at radius 3 is 2.41 bits per heavy atom. The predicted molar refractivity (Wildman–Crippen MR) is 126 cm³/mol. The van der Waals surface area contributed by atoms with Crippen molar-refractivity contribution in [3.63, 3.8) is 0 Å². The number of nitro groups is 1. The normalized spacial score (nSPS) is 15.6. The van der Waals surface area contributed by atoms with Gasteiger partial charge in [-0.15, -0.1) is 0 Å². The maximum Gasteiger partial charge on any atom is 0.269 e. The summed E-state index contributed by atoms with van der Waals surface area (Å²) in [5.74, 6) is -0.881.